The monoisotopic (exact) mass is 428 g/mol. The zero-order valence-corrected chi connectivity index (χ0v) is 16.7. The molecular formula is C20H21BrN4O2. The molecule has 140 valence electrons. The molecule has 7 heteroatoms. The predicted molar refractivity (Wildman–Crippen MR) is 107 cm³/mol. The summed E-state index contributed by atoms with van der Waals surface area (Å²) >= 11 is 3.38. The van der Waals surface area contributed by atoms with Crippen LogP contribution in [0.25, 0.3) is 5.65 Å². The van der Waals surface area contributed by atoms with Gasteiger partial charge < -0.3 is 14.5 Å². The third kappa shape index (κ3) is 4.30. The van der Waals surface area contributed by atoms with Crippen LogP contribution in [0.2, 0.25) is 0 Å². The van der Waals surface area contributed by atoms with Crippen LogP contribution in [0.3, 0.4) is 0 Å². The number of rotatable bonds is 7. The van der Waals surface area contributed by atoms with E-state index in [-0.39, 0.29) is 5.97 Å². The second-order valence-corrected chi connectivity index (χ2v) is 7.65. The van der Waals surface area contributed by atoms with Crippen molar-refractivity contribution < 1.29 is 9.53 Å². The van der Waals surface area contributed by atoms with Gasteiger partial charge in [0.15, 0.2) is 0 Å². The van der Waals surface area contributed by atoms with Gasteiger partial charge in [-0.15, -0.1) is 0 Å². The number of methoxy groups -OCH3 is 1. The fraction of sp³-hybridized carbons (Fsp3) is 0.350. The molecule has 0 radical (unpaired) electrons. The highest BCUT2D eigenvalue weighted by atomic mass is 79.9. The largest absolute Gasteiger partial charge is 0.469 e. The minimum atomic E-state index is -0.193. The maximum absolute atomic E-state index is 11.6. The second kappa shape index (κ2) is 7.68. The fourth-order valence-corrected chi connectivity index (χ4v) is 3.56. The van der Waals surface area contributed by atoms with Crippen molar-refractivity contribution in [3.8, 4) is 0 Å². The highest BCUT2D eigenvalue weighted by Gasteiger charge is 2.25. The van der Waals surface area contributed by atoms with Crippen LogP contribution in [0.4, 0.5) is 5.69 Å². The van der Waals surface area contributed by atoms with Crippen LogP contribution in [-0.4, -0.2) is 27.4 Å². The summed E-state index contributed by atoms with van der Waals surface area (Å²) in [7, 11) is 1.43. The number of aromatic nitrogens is 3. The Balaban J connectivity index is 1.58. The minimum Gasteiger partial charge on any atom is -0.469 e. The average molecular weight is 429 g/mol. The van der Waals surface area contributed by atoms with Crippen LogP contribution in [0.15, 0.2) is 41.4 Å². The smallest absolute Gasteiger partial charge is 0.305 e. The number of nitrogens with zero attached hydrogens (tertiary/aromatic N) is 3. The van der Waals surface area contributed by atoms with E-state index in [1.165, 1.54) is 25.5 Å². The standard InChI is InChI=1S/C20H21BrN4O2/c1-27-19(26)5-4-14-8-15(13-2-3-13)11-25-12-17(24-20(14)25)10-23-16-6-7-22-18(21)9-16/h6-9,11-13H,2-5,10H2,1H3,(H,22,23). The maximum Gasteiger partial charge on any atom is 0.305 e. The van der Waals surface area contributed by atoms with Crippen LogP contribution in [0.1, 0.15) is 42.0 Å². The maximum atomic E-state index is 11.6. The molecule has 3 heterocycles. The zero-order chi connectivity index (χ0) is 18.8. The van der Waals surface area contributed by atoms with Crippen molar-refractivity contribution in [2.75, 3.05) is 12.4 Å². The van der Waals surface area contributed by atoms with Crippen molar-refractivity contribution in [2.24, 2.45) is 0 Å². The summed E-state index contributed by atoms with van der Waals surface area (Å²) in [5.74, 6) is 0.450. The number of pyridine rings is 2. The molecule has 0 aliphatic heterocycles. The molecule has 0 unspecified atom stereocenters. The first-order valence-electron chi connectivity index (χ1n) is 9.05. The zero-order valence-electron chi connectivity index (χ0n) is 15.1. The minimum absolute atomic E-state index is 0.193. The van der Waals surface area contributed by atoms with Crippen molar-refractivity contribution in [1.82, 2.24) is 14.4 Å². The Hall–Kier alpha value is -2.41. The molecule has 3 aromatic rings. The van der Waals surface area contributed by atoms with E-state index in [2.05, 4.69) is 49.1 Å². The van der Waals surface area contributed by atoms with Gasteiger partial charge in [0.2, 0.25) is 0 Å². The van der Waals surface area contributed by atoms with E-state index in [1.807, 2.05) is 12.1 Å². The van der Waals surface area contributed by atoms with E-state index in [9.17, 15) is 4.79 Å². The van der Waals surface area contributed by atoms with Crippen LogP contribution in [0.5, 0.6) is 0 Å². The molecule has 0 atom stereocenters. The van der Waals surface area contributed by atoms with E-state index in [0.29, 0.717) is 25.3 Å². The second-order valence-electron chi connectivity index (χ2n) is 6.83. The van der Waals surface area contributed by atoms with Gasteiger partial charge in [0, 0.05) is 30.7 Å². The number of hydrogen-bond donors (Lipinski definition) is 1. The molecule has 0 spiro atoms. The number of aryl methyl sites for hydroxylation is 1. The summed E-state index contributed by atoms with van der Waals surface area (Å²) in [6, 6.07) is 6.07. The Labute approximate surface area is 166 Å². The number of carbonyl (C=O) groups excluding carboxylic acids is 1. The summed E-state index contributed by atoms with van der Waals surface area (Å²) < 4.78 is 7.68. The van der Waals surface area contributed by atoms with Crippen molar-refractivity contribution in [1.29, 1.82) is 0 Å². The molecular weight excluding hydrogens is 408 g/mol. The fourth-order valence-electron chi connectivity index (χ4n) is 3.20. The number of anilines is 1. The highest BCUT2D eigenvalue weighted by molar-refractivity contribution is 9.10. The number of imidazole rings is 1. The van der Waals surface area contributed by atoms with Gasteiger partial charge in [-0.25, -0.2) is 9.97 Å². The molecule has 1 N–H and O–H groups in total. The molecule has 0 aromatic carbocycles. The van der Waals surface area contributed by atoms with Crippen molar-refractivity contribution in [3.63, 3.8) is 0 Å². The Morgan fingerprint density at radius 3 is 2.96 bits per heavy atom. The SMILES string of the molecule is COC(=O)CCc1cc(C2CC2)cn2cc(CNc3ccnc(Br)c3)nc12. The number of ether oxygens (including phenoxy) is 1. The summed E-state index contributed by atoms with van der Waals surface area (Å²) in [6.07, 6.45) is 9.47. The number of carbonyl (C=O) groups is 1. The normalized spacial score (nSPS) is 13.7. The molecule has 3 aromatic heterocycles. The van der Waals surface area contributed by atoms with Gasteiger partial charge in [-0.1, -0.05) is 6.07 Å². The van der Waals surface area contributed by atoms with Gasteiger partial charge in [-0.3, -0.25) is 4.79 Å². The van der Waals surface area contributed by atoms with Gasteiger partial charge >= 0.3 is 5.97 Å². The summed E-state index contributed by atoms with van der Waals surface area (Å²) in [4.78, 5) is 20.5. The lowest BCUT2D eigenvalue weighted by Crippen LogP contribution is -2.04. The van der Waals surface area contributed by atoms with Crippen molar-refractivity contribution in [3.05, 3.63) is 58.2 Å². The third-order valence-corrected chi connectivity index (χ3v) is 5.21. The molecule has 1 saturated carbocycles. The molecule has 1 aliphatic rings. The third-order valence-electron chi connectivity index (χ3n) is 4.77. The summed E-state index contributed by atoms with van der Waals surface area (Å²) in [6.45, 7) is 0.618. The van der Waals surface area contributed by atoms with Crippen LogP contribution >= 0.6 is 15.9 Å². The van der Waals surface area contributed by atoms with Crippen LogP contribution in [-0.2, 0) is 22.5 Å². The van der Waals surface area contributed by atoms with E-state index in [4.69, 9.17) is 9.72 Å². The number of fused-ring (bicyclic) bond motifs is 1. The number of esters is 1. The van der Waals surface area contributed by atoms with Gasteiger partial charge in [-0.05, 0) is 64.4 Å². The molecule has 6 nitrogen and oxygen atoms in total. The Morgan fingerprint density at radius 2 is 2.22 bits per heavy atom. The lowest BCUT2D eigenvalue weighted by atomic mass is 10.1. The van der Waals surface area contributed by atoms with Crippen molar-refractivity contribution in [2.45, 2.75) is 38.1 Å². The molecule has 1 aliphatic carbocycles. The molecule has 0 amide bonds. The average Bonchev–Trinajstić information content (AvgIpc) is 3.43. The number of halogens is 1. The Morgan fingerprint density at radius 1 is 1.37 bits per heavy atom. The van der Waals surface area contributed by atoms with Gasteiger partial charge in [0.05, 0.1) is 19.3 Å². The van der Waals surface area contributed by atoms with E-state index >= 15 is 0 Å². The molecule has 27 heavy (non-hydrogen) atoms. The lowest BCUT2D eigenvalue weighted by molar-refractivity contribution is -0.140. The first kappa shape index (κ1) is 18.0. The van der Waals surface area contributed by atoms with Gasteiger partial charge in [0.25, 0.3) is 0 Å². The topological polar surface area (TPSA) is 68.5 Å². The number of nitrogens with one attached hydrogen (secondary N) is 1. The molecule has 1 fully saturated rings. The predicted octanol–water partition coefficient (Wildman–Crippen LogP) is 4.09. The first-order chi connectivity index (χ1) is 13.1. The summed E-state index contributed by atoms with van der Waals surface area (Å²) in [5, 5.41) is 3.37. The quantitative estimate of drug-likeness (QED) is 0.453. The van der Waals surface area contributed by atoms with Crippen LogP contribution < -0.4 is 5.32 Å². The van der Waals surface area contributed by atoms with E-state index in [0.717, 1.165) is 27.2 Å². The van der Waals surface area contributed by atoms with Gasteiger partial charge in [-0.2, -0.15) is 0 Å². The Bertz CT molecular complexity index is 981. The molecule has 0 bridgehead atoms. The Kier molecular flexibility index (Phi) is 5.11. The van der Waals surface area contributed by atoms with E-state index in [1.54, 1.807) is 6.20 Å². The molecule has 0 saturated heterocycles. The molecule has 4 rings (SSSR count). The first-order valence-corrected chi connectivity index (χ1v) is 9.84. The van der Waals surface area contributed by atoms with Crippen LogP contribution in [0, 0.1) is 0 Å². The van der Waals surface area contributed by atoms with E-state index < -0.39 is 0 Å². The number of hydrogen-bond acceptors (Lipinski definition) is 5. The lowest BCUT2D eigenvalue weighted by Gasteiger charge is -2.07. The summed E-state index contributed by atoms with van der Waals surface area (Å²) in [5.41, 5.74) is 5.28. The highest BCUT2D eigenvalue weighted by Crippen LogP contribution is 2.40. The van der Waals surface area contributed by atoms with Gasteiger partial charge in [0.1, 0.15) is 10.3 Å². The van der Waals surface area contributed by atoms with Crippen molar-refractivity contribution >= 4 is 33.2 Å².